The smallest absolute Gasteiger partial charge is 0.323 e. The van der Waals surface area contributed by atoms with Crippen LogP contribution in [-0.2, 0) is 11.2 Å². The maximum atomic E-state index is 11.7. The first-order chi connectivity index (χ1) is 9.13. The molecular weight excluding hydrogens is 242 g/mol. The monoisotopic (exact) mass is 263 g/mol. The van der Waals surface area contributed by atoms with Crippen LogP contribution >= 0.6 is 0 Å². The third kappa shape index (κ3) is 1.98. The first kappa shape index (κ1) is 12.7. The Balaban J connectivity index is 1.95. The zero-order valence-electron chi connectivity index (χ0n) is 11.4. The van der Waals surface area contributed by atoms with Gasteiger partial charge in [-0.3, -0.25) is 9.69 Å². The second kappa shape index (κ2) is 4.67. The molecule has 19 heavy (non-hydrogen) atoms. The molecule has 4 heteroatoms. The van der Waals surface area contributed by atoms with Crippen molar-refractivity contribution in [3.8, 4) is 0 Å². The van der Waals surface area contributed by atoms with Crippen LogP contribution in [0, 0.1) is 0 Å². The number of carbonyl (C=O) groups is 1. The van der Waals surface area contributed by atoms with Crippen LogP contribution in [0.3, 0.4) is 0 Å². The van der Waals surface area contributed by atoms with Crippen LogP contribution in [0.5, 0.6) is 0 Å². The number of carboxylic acid groups (broad SMARTS) is 1. The number of carboxylic acids is 1. The lowest BCUT2D eigenvalue weighted by Gasteiger charge is -2.47. The van der Waals surface area contributed by atoms with Crippen LogP contribution in [0.2, 0.25) is 0 Å². The van der Waals surface area contributed by atoms with Gasteiger partial charge >= 0.3 is 5.97 Å². The van der Waals surface area contributed by atoms with E-state index in [-0.39, 0.29) is 6.04 Å². The zero-order valence-corrected chi connectivity index (χ0v) is 11.4. The Kier molecular flexibility index (Phi) is 3.13. The van der Waals surface area contributed by atoms with Crippen LogP contribution in [0.4, 0.5) is 0 Å². The molecule has 1 aromatic heterocycles. The number of aryl methyl sites for hydroxylation is 1. The van der Waals surface area contributed by atoms with Crippen molar-refractivity contribution in [3.63, 3.8) is 0 Å². The van der Waals surface area contributed by atoms with Gasteiger partial charge in [0.25, 0.3) is 0 Å². The molecule has 1 aliphatic carbocycles. The largest absolute Gasteiger partial charge is 0.480 e. The van der Waals surface area contributed by atoms with E-state index in [0.717, 1.165) is 50.8 Å². The molecule has 0 radical (unpaired) electrons. The fourth-order valence-corrected chi connectivity index (χ4v) is 3.66. The molecule has 104 valence electrons. The van der Waals surface area contributed by atoms with E-state index in [0.29, 0.717) is 0 Å². The number of piperidine rings is 1. The Morgan fingerprint density at radius 1 is 1.47 bits per heavy atom. The van der Waals surface area contributed by atoms with Crippen LogP contribution < -0.4 is 0 Å². The zero-order chi connectivity index (χ0) is 13.5. The minimum absolute atomic E-state index is 0.212. The van der Waals surface area contributed by atoms with Crippen molar-refractivity contribution in [1.82, 2.24) is 4.90 Å². The molecule has 0 spiro atoms. The molecule has 0 aromatic carbocycles. The quantitative estimate of drug-likeness (QED) is 0.891. The maximum absolute atomic E-state index is 11.7. The van der Waals surface area contributed by atoms with Gasteiger partial charge in [-0.05, 0) is 51.6 Å². The van der Waals surface area contributed by atoms with Crippen molar-refractivity contribution in [2.24, 2.45) is 0 Å². The molecule has 0 amide bonds. The van der Waals surface area contributed by atoms with E-state index in [4.69, 9.17) is 4.42 Å². The van der Waals surface area contributed by atoms with Gasteiger partial charge in [-0.25, -0.2) is 0 Å². The predicted octanol–water partition coefficient (Wildman–Crippen LogP) is 2.99. The van der Waals surface area contributed by atoms with Gasteiger partial charge in [0, 0.05) is 18.0 Å². The summed E-state index contributed by atoms with van der Waals surface area (Å²) in [6, 6.07) is 2.24. The van der Waals surface area contributed by atoms with Gasteiger partial charge in [0.1, 0.15) is 11.3 Å². The summed E-state index contributed by atoms with van der Waals surface area (Å²) in [4.78, 5) is 13.9. The number of rotatable bonds is 2. The average Bonchev–Trinajstić information content (AvgIpc) is 2.87. The van der Waals surface area contributed by atoms with E-state index < -0.39 is 11.5 Å². The lowest BCUT2D eigenvalue weighted by molar-refractivity contribution is -0.155. The molecule has 4 nitrogen and oxygen atoms in total. The lowest BCUT2D eigenvalue weighted by Crippen LogP contribution is -2.56. The second-order valence-electron chi connectivity index (χ2n) is 5.94. The molecule has 1 saturated heterocycles. The molecule has 2 atom stereocenters. The third-order valence-corrected chi connectivity index (χ3v) is 4.80. The summed E-state index contributed by atoms with van der Waals surface area (Å²) < 4.78 is 5.53. The van der Waals surface area contributed by atoms with Crippen molar-refractivity contribution in [3.05, 3.63) is 23.7 Å². The summed E-state index contributed by atoms with van der Waals surface area (Å²) >= 11 is 0. The molecule has 1 fully saturated rings. The fraction of sp³-hybridized carbons (Fsp3) is 0.667. The van der Waals surface area contributed by atoms with Gasteiger partial charge in [0.2, 0.25) is 0 Å². The Labute approximate surface area is 113 Å². The highest BCUT2D eigenvalue weighted by atomic mass is 16.4. The summed E-state index contributed by atoms with van der Waals surface area (Å²) in [5, 5.41) is 9.63. The highest BCUT2D eigenvalue weighted by molar-refractivity contribution is 5.78. The van der Waals surface area contributed by atoms with Crippen molar-refractivity contribution >= 4 is 5.97 Å². The number of nitrogens with zero attached hydrogens (tertiary/aromatic N) is 1. The SMILES string of the molecule is CC1(C(=O)O)CCCCN1C1CCCc2occc21. The number of likely N-dealkylation sites (tertiary alicyclic amines) is 1. The number of hydrogen-bond acceptors (Lipinski definition) is 3. The molecule has 0 bridgehead atoms. The first-order valence-electron chi connectivity index (χ1n) is 7.19. The molecule has 3 rings (SSSR count). The third-order valence-electron chi connectivity index (χ3n) is 4.80. The van der Waals surface area contributed by atoms with Gasteiger partial charge < -0.3 is 9.52 Å². The highest BCUT2D eigenvalue weighted by Crippen LogP contribution is 2.42. The number of aliphatic carboxylic acids is 1. The van der Waals surface area contributed by atoms with E-state index in [9.17, 15) is 9.90 Å². The van der Waals surface area contributed by atoms with Crippen LogP contribution in [0.25, 0.3) is 0 Å². The van der Waals surface area contributed by atoms with E-state index in [1.165, 1.54) is 5.56 Å². The summed E-state index contributed by atoms with van der Waals surface area (Å²) in [5.74, 6) is 0.359. The summed E-state index contributed by atoms with van der Waals surface area (Å²) in [6.07, 6.45) is 7.68. The summed E-state index contributed by atoms with van der Waals surface area (Å²) in [7, 11) is 0. The Hall–Kier alpha value is -1.29. The van der Waals surface area contributed by atoms with Gasteiger partial charge in [-0.1, -0.05) is 0 Å². The normalized spacial score (nSPS) is 31.9. The number of furan rings is 1. The number of hydrogen-bond donors (Lipinski definition) is 1. The van der Waals surface area contributed by atoms with Crippen molar-refractivity contribution in [2.75, 3.05) is 6.54 Å². The maximum Gasteiger partial charge on any atom is 0.323 e. The lowest BCUT2D eigenvalue weighted by atomic mass is 9.82. The number of fused-ring (bicyclic) bond motifs is 1. The van der Waals surface area contributed by atoms with Gasteiger partial charge in [-0.2, -0.15) is 0 Å². The van der Waals surface area contributed by atoms with E-state index in [1.807, 2.05) is 13.0 Å². The van der Waals surface area contributed by atoms with Gasteiger partial charge in [0.15, 0.2) is 0 Å². The van der Waals surface area contributed by atoms with Crippen LogP contribution in [-0.4, -0.2) is 28.1 Å². The van der Waals surface area contributed by atoms with Crippen LogP contribution in [0.1, 0.15) is 56.4 Å². The molecule has 1 aromatic rings. The van der Waals surface area contributed by atoms with Crippen LogP contribution in [0.15, 0.2) is 16.7 Å². The van der Waals surface area contributed by atoms with E-state index in [2.05, 4.69) is 4.90 Å². The molecular formula is C15H21NO3. The minimum atomic E-state index is -0.727. The minimum Gasteiger partial charge on any atom is -0.480 e. The Morgan fingerprint density at radius 2 is 2.32 bits per heavy atom. The molecule has 1 aliphatic heterocycles. The molecule has 0 saturated carbocycles. The fourth-order valence-electron chi connectivity index (χ4n) is 3.66. The molecule has 2 aliphatic rings. The first-order valence-corrected chi connectivity index (χ1v) is 7.19. The van der Waals surface area contributed by atoms with Gasteiger partial charge in [-0.15, -0.1) is 0 Å². The standard InChI is InChI=1S/C15H21NO3/c1-15(14(17)18)8-2-3-9-16(15)12-5-4-6-13-11(12)7-10-19-13/h7,10,12H,2-6,8-9H2,1H3,(H,17,18). The molecule has 2 unspecified atom stereocenters. The highest BCUT2D eigenvalue weighted by Gasteiger charge is 2.45. The molecule has 2 heterocycles. The second-order valence-corrected chi connectivity index (χ2v) is 5.94. The Bertz CT molecular complexity index is 481. The molecule has 1 N–H and O–H groups in total. The van der Waals surface area contributed by atoms with Crippen molar-refractivity contribution < 1.29 is 14.3 Å². The van der Waals surface area contributed by atoms with Crippen molar-refractivity contribution in [1.29, 1.82) is 0 Å². The summed E-state index contributed by atoms with van der Waals surface area (Å²) in [6.45, 7) is 2.75. The Morgan fingerprint density at radius 3 is 3.11 bits per heavy atom. The van der Waals surface area contributed by atoms with E-state index >= 15 is 0 Å². The average molecular weight is 263 g/mol. The van der Waals surface area contributed by atoms with Crippen molar-refractivity contribution in [2.45, 2.75) is 57.0 Å². The predicted molar refractivity (Wildman–Crippen MR) is 71.0 cm³/mol. The van der Waals surface area contributed by atoms with Gasteiger partial charge in [0.05, 0.1) is 6.26 Å². The summed E-state index contributed by atoms with van der Waals surface area (Å²) in [5.41, 5.74) is 0.482. The van der Waals surface area contributed by atoms with E-state index in [1.54, 1.807) is 6.26 Å². The topological polar surface area (TPSA) is 53.7 Å².